The molecule has 5 N–H and O–H groups in total. The maximum absolute atomic E-state index is 13.8. The number of rotatable bonds is 13. The Hall–Kier alpha value is -2.97. The van der Waals surface area contributed by atoms with E-state index in [4.69, 9.17) is 15.0 Å². The molecule has 5 rings (SSSR count). The molecule has 3 aliphatic carbocycles. The molecule has 1 aromatic rings. The molecular weight excluding hydrogens is 631 g/mol. The predicted molar refractivity (Wildman–Crippen MR) is 172 cm³/mol. The van der Waals surface area contributed by atoms with E-state index >= 15 is 0 Å². The molecule has 2 amide bonds. The Morgan fingerprint density at radius 3 is 2.57 bits per heavy atom. The predicted octanol–water partition coefficient (Wildman–Crippen LogP) is 3.62. The number of guanidine groups is 1. The van der Waals surface area contributed by atoms with Gasteiger partial charge in [0.2, 0.25) is 11.8 Å². The summed E-state index contributed by atoms with van der Waals surface area (Å²) in [5.74, 6) is -0.295. The molecule has 1 aliphatic heterocycles. The van der Waals surface area contributed by atoms with Crippen molar-refractivity contribution in [1.29, 1.82) is 0 Å². The minimum atomic E-state index is -0.891. The van der Waals surface area contributed by atoms with E-state index in [0.717, 1.165) is 22.9 Å². The summed E-state index contributed by atoms with van der Waals surface area (Å²) < 4.78 is 14.1. The van der Waals surface area contributed by atoms with Crippen LogP contribution in [0.1, 0.15) is 72.3 Å². The number of nitrogens with zero attached hydrogens (tertiary/aromatic N) is 2. The van der Waals surface area contributed by atoms with Gasteiger partial charge >= 0.3 is 7.12 Å². The number of hydrazine groups is 1. The first-order valence-corrected chi connectivity index (χ1v) is 16.1. The third kappa shape index (κ3) is 8.00. The van der Waals surface area contributed by atoms with Crippen molar-refractivity contribution in [3.05, 3.63) is 50.5 Å². The van der Waals surface area contributed by atoms with Crippen LogP contribution in [0, 0.1) is 33.3 Å². The van der Waals surface area contributed by atoms with E-state index in [9.17, 15) is 19.7 Å². The molecule has 4 aliphatic rings. The number of carbonyl (C=O) groups excluding carboxylic acids is 2. The average Bonchev–Trinajstić information content (AvgIpc) is 3.30. The Labute approximate surface area is 267 Å². The first kappa shape index (κ1) is 33.9. The molecule has 3 saturated carbocycles. The topological polar surface area (TPSA) is 170 Å². The van der Waals surface area contributed by atoms with Crippen LogP contribution in [0.5, 0.6) is 0 Å². The quantitative estimate of drug-likeness (QED) is 0.0468. The van der Waals surface area contributed by atoms with Crippen molar-refractivity contribution in [1.82, 2.24) is 16.1 Å². The zero-order valence-electron chi connectivity index (χ0n) is 26.0. The third-order valence-corrected chi connectivity index (χ3v) is 9.95. The maximum atomic E-state index is 13.8. The van der Waals surface area contributed by atoms with Gasteiger partial charge in [0.1, 0.15) is 6.04 Å². The zero-order chi connectivity index (χ0) is 32.2. The first-order valence-electron chi connectivity index (χ1n) is 15.3. The Morgan fingerprint density at radius 2 is 1.93 bits per heavy atom. The van der Waals surface area contributed by atoms with E-state index in [0.29, 0.717) is 24.7 Å². The molecule has 1 saturated heterocycles. The van der Waals surface area contributed by atoms with Gasteiger partial charge in [-0.05, 0) is 86.0 Å². The van der Waals surface area contributed by atoms with Crippen LogP contribution in [0.2, 0.25) is 0 Å². The first-order chi connectivity index (χ1) is 20.7. The van der Waals surface area contributed by atoms with Gasteiger partial charge in [-0.1, -0.05) is 61.2 Å². The fourth-order valence-corrected chi connectivity index (χ4v) is 7.22. The van der Waals surface area contributed by atoms with Crippen LogP contribution in [0.25, 0.3) is 6.08 Å². The van der Waals surface area contributed by atoms with Gasteiger partial charge in [-0.25, -0.2) is 15.1 Å². The Bertz CT molecular complexity index is 1280. The average molecular weight is 675 g/mol. The highest BCUT2D eigenvalue weighted by atomic mass is 79.9. The monoisotopic (exact) mass is 674 g/mol. The Morgan fingerprint density at radius 1 is 1.23 bits per heavy atom. The number of benzene rings is 1. The summed E-state index contributed by atoms with van der Waals surface area (Å²) in [5, 5.41) is 15.7. The standard InChI is InChI=1S/C30H44BBrN6O6/c1-18(2)15-25(31-43-24-17-20-16-23(29(20,3)4)30(24,5)44-31)36-27(40)22(7-6-14-34-28(33)37-38(41)42)35-26(39)13-10-19-8-11-21(32)12-9-19/h8-13,18,20,22-25H,6-7,14-17H2,1-5H3,(H,35,39)(H,36,40)(H3,33,34,37)/b13-10+/t20-,22+,23-,24-,25+,30+/m1/s1. The van der Waals surface area contributed by atoms with Crippen molar-refractivity contribution in [3.63, 3.8) is 0 Å². The SMILES string of the molecule is CC(C)C[C@H](NC(=O)[C@H](CCCN=C(N)N[N+](=O)[O-])NC(=O)/C=C/c1ccc(Br)cc1)B1O[C@@H]2C[C@H]3C[C@H](C3(C)C)[C@]2(C)O1. The molecule has 0 spiro atoms. The molecular formula is C30H44BBrN6O6. The van der Waals surface area contributed by atoms with Gasteiger partial charge in [-0.15, -0.1) is 0 Å². The molecule has 2 bridgehead atoms. The second-order valence-corrected chi connectivity index (χ2v) is 14.2. The van der Waals surface area contributed by atoms with Crippen molar-refractivity contribution in [2.75, 3.05) is 6.54 Å². The summed E-state index contributed by atoms with van der Waals surface area (Å²) in [6.07, 6.45) is 6.31. The van der Waals surface area contributed by atoms with Gasteiger partial charge in [0, 0.05) is 17.1 Å². The van der Waals surface area contributed by atoms with Crippen molar-refractivity contribution in [2.45, 2.75) is 90.4 Å². The Kier molecular flexibility index (Phi) is 10.8. The van der Waals surface area contributed by atoms with Gasteiger partial charge < -0.3 is 25.7 Å². The normalized spacial score (nSPS) is 26.9. The largest absolute Gasteiger partial charge is 0.481 e. The van der Waals surface area contributed by atoms with Crippen LogP contribution in [-0.2, 0) is 18.9 Å². The summed E-state index contributed by atoms with van der Waals surface area (Å²) in [7, 11) is -0.599. The second-order valence-electron chi connectivity index (χ2n) is 13.3. The van der Waals surface area contributed by atoms with Crippen molar-refractivity contribution < 1.29 is 23.9 Å². The summed E-state index contributed by atoms with van der Waals surface area (Å²) in [4.78, 5) is 41.2. The third-order valence-electron chi connectivity index (χ3n) is 9.42. The number of hydrogen-bond donors (Lipinski definition) is 4. The van der Waals surface area contributed by atoms with Crippen molar-refractivity contribution >= 4 is 46.9 Å². The number of hydrogen-bond acceptors (Lipinski definition) is 7. The van der Waals surface area contributed by atoms with Crippen molar-refractivity contribution in [3.8, 4) is 0 Å². The minimum Gasteiger partial charge on any atom is -0.404 e. The van der Waals surface area contributed by atoms with Crippen LogP contribution >= 0.6 is 15.9 Å². The molecule has 0 unspecified atom stereocenters. The maximum Gasteiger partial charge on any atom is 0.481 e. The van der Waals surface area contributed by atoms with E-state index in [-0.39, 0.29) is 42.3 Å². The number of amides is 2. The van der Waals surface area contributed by atoms with Crippen LogP contribution in [-0.4, -0.2) is 60.2 Å². The zero-order valence-corrected chi connectivity index (χ0v) is 27.6. The lowest BCUT2D eigenvalue weighted by Crippen LogP contribution is -2.65. The van der Waals surface area contributed by atoms with Crippen LogP contribution in [0.15, 0.2) is 39.8 Å². The van der Waals surface area contributed by atoms with Crippen LogP contribution < -0.4 is 21.8 Å². The number of aliphatic imine (C=N–C) groups is 1. The lowest BCUT2D eigenvalue weighted by Gasteiger charge is -2.64. The van der Waals surface area contributed by atoms with E-state index < -0.39 is 35.6 Å². The highest BCUT2D eigenvalue weighted by Gasteiger charge is 2.68. The fraction of sp³-hybridized carbons (Fsp3) is 0.633. The van der Waals surface area contributed by atoms with Gasteiger partial charge in [0.15, 0.2) is 5.03 Å². The van der Waals surface area contributed by atoms with E-state index in [1.54, 1.807) is 11.5 Å². The highest BCUT2D eigenvalue weighted by Crippen LogP contribution is 2.65. The summed E-state index contributed by atoms with van der Waals surface area (Å²) >= 11 is 3.39. The lowest BCUT2D eigenvalue weighted by atomic mass is 9.43. The molecule has 0 radical (unpaired) electrons. The van der Waals surface area contributed by atoms with E-state index in [1.165, 1.54) is 6.08 Å². The van der Waals surface area contributed by atoms with Gasteiger partial charge in [-0.2, -0.15) is 0 Å². The summed E-state index contributed by atoms with van der Waals surface area (Å²) in [6.45, 7) is 11.0. The molecule has 14 heteroatoms. The molecule has 0 aromatic heterocycles. The van der Waals surface area contributed by atoms with Gasteiger partial charge in [-0.3, -0.25) is 9.59 Å². The van der Waals surface area contributed by atoms with Crippen LogP contribution in [0.3, 0.4) is 0 Å². The van der Waals surface area contributed by atoms with E-state index in [2.05, 4.69) is 66.2 Å². The van der Waals surface area contributed by atoms with Gasteiger partial charge in [0.25, 0.3) is 5.96 Å². The van der Waals surface area contributed by atoms with E-state index in [1.807, 2.05) is 24.3 Å². The molecule has 1 aromatic carbocycles. The molecule has 12 nitrogen and oxygen atoms in total. The van der Waals surface area contributed by atoms with Crippen molar-refractivity contribution in [2.24, 2.45) is 33.9 Å². The number of nitrogens with one attached hydrogen (secondary N) is 3. The number of halogens is 1. The summed E-state index contributed by atoms with van der Waals surface area (Å²) in [5.41, 5.74) is 7.92. The van der Waals surface area contributed by atoms with Gasteiger partial charge in [0.05, 0.1) is 17.6 Å². The Balaban J connectivity index is 1.45. The highest BCUT2D eigenvalue weighted by molar-refractivity contribution is 9.10. The molecule has 6 atom stereocenters. The second kappa shape index (κ2) is 14.0. The molecule has 4 fully saturated rings. The molecule has 44 heavy (non-hydrogen) atoms. The molecule has 240 valence electrons. The summed E-state index contributed by atoms with van der Waals surface area (Å²) in [6, 6.07) is 6.58. The number of nitro groups is 1. The minimum absolute atomic E-state index is 0.0221. The van der Waals surface area contributed by atoms with Crippen LogP contribution in [0.4, 0.5) is 0 Å². The fourth-order valence-electron chi connectivity index (χ4n) is 6.96. The number of nitrogens with two attached hydrogens (primary N) is 1. The smallest absolute Gasteiger partial charge is 0.404 e. The lowest BCUT2D eigenvalue weighted by molar-refractivity contribution is -0.525. The number of carbonyl (C=O) groups is 2. The molecule has 1 heterocycles.